The Labute approximate surface area is 103 Å². The predicted molar refractivity (Wildman–Crippen MR) is 65.1 cm³/mol. The minimum atomic E-state index is 0.626. The van der Waals surface area contributed by atoms with Gasteiger partial charge in [0.05, 0.1) is 0 Å². The molecule has 3 rings (SSSR count). The van der Waals surface area contributed by atoms with Gasteiger partial charge in [-0.2, -0.15) is 4.37 Å². The van der Waals surface area contributed by atoms with E-state index in [2.05, 4.69) is 24.9 Å². The summed E-state index contributed by atoms with van der Waals surface area (Å²) in [5.41, 5.74) is 0. The molecule has 2 aromatic rings. The van der Waals surface area contributed by atoms with E-state index in [0.717, 1.165) is 29.7 Å². The van der Waals surface area contributed by atoms with Gasteiger partial charge < -0.3 is 9.88 Å². The van der Waals surface area contributed by atoms with Gasteiger partial charge in [-0.25, -0.2) is 4.98 Å². The Morgan fingerprint density at radius 1 is 1.53 bits per heavy atom. The fraction of sp³-hybridized carbons (Fsp3) is 0.600. The van der Waals surface area contributed by atoms with Crippen LogP contribution in [0.15, 0.2) is 6.33 Å². The maximum atomic E-state index is 4.47. The number of anilines is 1. The maximum Gasteiger partial charge on any atom is 0.202 e. The summed E-state index contributed by atoms with van der Waals surface area (Å²) in [5, 5.41) is 12.1. The second-order valence-corrected chi connectivity index (χ2v) is 5.02. The molecule has 1 N–H and O–H groups in total. The van der Waals surface area contributed by atoms with Crippen LogP contribution in [-0.2, 0) is 13.5 Å². The van der Waals surface area contributed by atoms with Crippen LogP contribution in [0.4, 0.5) is 5.13 Å². The van der Waals surface area contributed by atoms with Gasteiger partial charge in [0.1, 0.15) is 18.0 Å². The molecule has 0 radical (unpaired) electrons. The largest absolute Gasteiger partial charge is 0.360 e. The summed E-state index contributed by atoms with van der Waals surface area (Å²) in [6.07, 6.45) is 5.05. The monoisotopic (exact) mass is 250 g/mol. The van der Waals surface area contributed by atoms with Crippen molar-refractivity contribution >= 4 is 16.7 Å². The lowest BCUT2D eigenvalue weighted by molar-refractivity contribution is 0.788. The number of rotatable bonds is 5. The van der Waals surface area contributed by atoms with Crippen molar-refractivity contribution in [1.29, 1.82) is 0 Å². The van der Waals surface area contributed by atoms with E-state index in [1.807, 2.05) is 11.6 Å². The first-order valence-electron chi connectivity index (χ1n) is 5.73. The Balaban J connectivity index is 1.51. The number of hydrogen-bond acceptors (Lipinski definition) is 6. The van der Waals surface area contributed by atoms with Crippen LogP contribution in [0.3, 0.4) is 0 Å². The van der Waals surface area contributed by atoms with Crippen molar-refractivity contribution in [2.75, 3.05) is 11.9 Å². The van der Waals surface area contributed by atoms with Crippen LogP contribution < -0.4 is 5.32 Å². The topological polar surface area (TPSA) is 68.5 Å². The minimum absolute atomic E-state index is 0.626. The van der Waals surface area contributed by atoms with Gasteiger partial charge in [0.25, 0.3) is 0 Å². The first kappa shape index (κ1) is 10.6. The number of aryl methyl sites for hydroxylation is 1. The lowest BCUT2D eigenvalue weighted by Crippen LogP contribution is -2.08. The molecule has 0 spiro atoms. The summed E-state index contributed by atoms with van der Waals surface area (Å²) < 4.78 is 6.27. The normalized spacial score (nSPS) is 15.1. The van der Waals surface area contributed by atoms with E-state index in [-0.39, 0.29) is 0 Å². The molecule has 1 saturated carbocycles. The van der Waals surface area contributed by atoms with E-state index in [1.54, 1.807) is 6.33 Å². The second-order valence-electron chi connectivity index (χ2n) is 4.27. The standard InChI is InChI=1S/C10H14N6S/c1-16-6-12-14-8(16)4-5-11-10-13-9(15-17-10)7-2-3-7/h6-7H,2-5H2,1H3,(H,11,13,15). The molecule has 0 atom stereocenters. The van der Waals surface area contributed by atoms with Crippen molar-refractivity contribution in [3.63, 3.8) is 0 Å². The summed E-state index contributed by atoms with van der Waals surface area (Å²) in [5.74, 6) is 2.61. The summed E-state index contributed by atoms with van der Waals surface area (Å²) >= 11 is 1.44. The SMILES string of the molecule is Cn1cnnc1CCNc1nc(C2CC2)ns1. The molecular weight excluding hydrogens is 236 g/mol. The third-order valence-electron chi connectivity index (χ3n) is 2.81. The highest BCUT2D eigenvalue weighted by Crippen LogP contribution is 2.39. The molecule has 1 fully saturated rings. The van der Waals surface area contributed by atoms with Crippen LogP contribution in [0.1, 0.15) is 30.4 Å². The van der Waals surface area contributed by atoms with Gasteiger partial charge in [-0.15, -0.1) is 10.2 Å². The van der Waals surface area contributed by atoms with Gasteiger partial charge in [-0.1, -0.05) is 0 Å². The van der Waals surface area contributed by atoms with Crippen molar-refractivity contribution in [3.8, 4) is 0 Å². The zero-order chi connectivity index (χ0) is 11.7. The zero-order valence-corrected chi connectivity index (χ0v) is 10.4. The van der Waals surface area contributed by atoms with Crippen LogP contribution in [0.5, 0.6) is 0 Å². The van der Waals surface area contributed by atoms with Gasteiger partial charge in [0, 0.05) is 37.5 Å². The highest BCUT2D eigenvalue weighted by molar-refractivity contribution is 7.09. The van der Waals surface area contributed by atoms with E-state index >= 15 is 0 Å². The van der Waals surface area contributed by atoms with Crippen molar-refractivity contribution in [1.82, 2.24) is 24.1 Å². The summed E-state index contributed by atoms with van der Waals surface area (Å²) in [6, 6.07) is 0. The first-order valence-corrected chi connectivity index (χ1v) is 6.50. The minimum Gasteiger partial charge on any atom is -0.360 e. The molecule has 17 heavy (non-hydrogen) atoms. The Morgan fingerprint density at radius 3 is 3.12 bits per heavy atom. The number of hydrogen-bond donors (Lipinski definition) is 1. The Hall–Kier alpha value is -1.50. The van der Waals surface area contributed by atoms with Gasteiger partial charge in [0.15, 0.2) is 0 Å². The summed E-state index contributed by atoms with van der Waals surface area (Å²) in [6.45, 7) is 0.811. The molecule has 90 valence electrons. The van der Waals surface area contributed by atoms with Crippen LogP contribution in [0.25, 0.3) is 0 Å². The smallest absolute Gasteiger partial charge is 0.202 e. The molecule has 2 heterocycles. The molecule has 1 aliphatic carbocycles. The van der Waals surface area contributed by atoms with Crippen LogP contribution >= 0.6 is 11.5 Å². The molecular formula is C10H14N6S. The average molecular weight is 250 g/mol. The second kappa shape index (κ2) is 4.40. The Morgan fingerprint density at radius 2 is 2.41 bits per heavy atom. The lowest BCUT2D eigenvalue weighted by Gasteiger charge is -2.01. The third kappa shape index (κ3) is 2.44. The van der Waals surface area contributed by atoms with Gasteiger partial charge in [0.2, 0.25) is 5.13 Å². The Kier molecular flexibility index (Phi) is 2.76. The highest BCUT2D eigenvalue weighted by atomic mass is 32.1. The molecule has 2 aromatic heterocycles. The zero-order valence-electron chi connectivity index (χ0n) is 9.63. The fourth-order valence-corrected chi connectivity index (χ4v) is 2.30. The summed E-state index contributed by atoms with van der Waals surface area (Å²) in [4.78, 5) is 4.47. The highest BCUT2D eigenvalue weighted by Gasteiger charge is 2.27. The van der Waals surface area contributed by atoms with Crippen LogP contribution in [0.2, 0.25) is 0 Å². The predicted octanol–water partition coefficient (Wildman–Crippen LogP) is 1.20. The average Bonchev–Trinajstić information content (AvgIpc) is 2.94. The molecule has 7 heteroatoms. The molecule has 6 nitrogen and oxygen atoms in total. The van der Waals surface area contributed by atoms with Gasteiger partial charge >= 0.3 is 0 Å². The maximum absolute atomic E-state index is 4.47. The molecule has 0 aromatic carbocycles. The lowest BCUT2D eigenvalue weighted by atomic mass is 10.4. The van der Waals surface area contributed by atoms with Crippen LogP contribution in [0, 0.1) is 0 Å². The fourth-order valence-electron chi connectivity index (χ4n) is 1.63. The molecule has 0 saturated heterocycles. The third-order valence-corrected chi connectivity index (χ3v) is 3.50. The Bertz CT molecular complexity index is 500. The quantitative estimate of drug-likeness (QED) is 0.863. The number of aromatic nitrogens is 5. The van der Waals surface area contributed by atoms with Crippen molar-refractivity contribution in [2.45, 2.75) is 25.2 Å². The number of nitrogens with zero attached hydrogens (tertiary/aromatic N) is 5. The van der Waals surface area contributed by atoms with Gasteiger partial charge in [-0.05, 0) is 12.8 Å². The first-order chi connectivity index (χ1) is 8.33. The molecule has 1 aliphatic rings. The number of nitrogens with one attached hydrogen (secondary N) is 1. The summed E-state index contributed by atoms with van der Waals surface area (Å²) in [7, 11) is 1.95. The van der Waals surface area contributed by atoms with E-state index in [4.69, 9.17) is 0 Å². The van der Waals surface area contributed by atoms with E-state index in [1.165, 1.54) is 24.4 Å². The molecule has 0 amide bonds. The van der Waals surface area contributed by atoms with Crippen molar-refractivity contribution in [2.24, 2.45) is 7.05 Å². The van der Waals surface area contributed by atoms with Gasteiger partial charge in [-0.3, -0.25) is 0 Å². The van der Waals surface area contributed by atoms with Crippen molar-refractivity contribution in [3.05, 3.63) is 18.0 Å². The van der Waals surface area contributed by atoms with E-state index < -0.39 is 0 Å². The van der Waals surface area contributed by atoms with E-state index in [9.17, 15) is 0 Å². The van der Waals surface area contributed by atoms with Crippen molar-refractivity contribution < 1.29 is 0 Å². The molecule has 0 unspecified atom stereocenters. The van der Waals surface area contributed by atoms with Crippen LogP contribution in [-0.4, -0.2) is 30.7 Å². The molecule has 0 aliphatic heterocycles. The van der Waals surface area contributed by atoms with E-state index in [0.29, 0.717) is 5.92 Å². The molecule has 0 bridgehead atoms.